The average molecular weight is 238 g/mol. The van der Waals surface area contributed by atoms with Gasteiger partial charge in [0.05, 0.1) is 0 Å². The van der Waals surface area contributed by atoms with Crippen LogP contribution in [0.15, 0.2) is 0 Å². The molecule has 1 aromatic carbocycles. The largest absolute Gasteiger partial charge is 0.478 e. The SMILES string of the molecule is O=C(O)c1c(F)c(F)c(F)c(F)c1C(=O)O. The summed E-state index contributed by atoms with van der Waals surface area (Å²) in [5.74, 6) is -13.7. The Morgan fingerprint density at radius 3 is 1.12 bits per heavy atom. The van der Waals surface area contributed by atoms with E-state index < -0.39 is 46.3 Å². The summed E-state index contributed by atoms with van der Waals surface area (Å²) in [5, 5.41) is 16.8. The van der Waals surface area contributed by atoms with Gasteiger partial charge in [-0.15, -0.1) is 0 Å². The van der Waals surface area contributed by atoms with E-state index >= 15 is 0 Å². The van der Waals surface area contributed by atoms with Crippen LogP contribution in [0.25, 0.3) is 0 Å². The number of halogens is 4. The van der Waals surface area contributed by atoms with E-state index in [1.807, 2.05) is 0 Å². The van der Waals surface area contributed by atoms with Crippen LogP contribution in [0.1, 0.15) is 20.7 Å². The highest BCUT2D eigenvalue weighted by atomic mass is 19.2. The Morgan fingerprint density at radius 1 is 0.688 bits per heavy atom. The summed E-state index contributed by atoms with van der Waals surface area (Å²) in [6, 6.07) is 0. The molecular weight excluding hydrogens is 236 g/mol. The first-order valence-electron chi connectivity index (χ1n) is 3.61. The number of carboxylic acid groups (broad SMARTS) is 2. The molecule has 4 nitrogen and oxygen atoms in total. The summed E-state index contributed by atoms with van der Waals surface area (Å²) in [5.41, 5.74) is -3.52. The van der Waals surface area contributed by atoms with Gasteiger partial charge < -0.3 is 10.2 Å². The lowest BCUT2D eigenvalue weighted by molar-refractivity contribution is 0.0639. The van der Waals surface area contributed by atoms with Crippen molar-refractivity contribution in [2.75, 3.05) is 0 Å². The first-order chi connectivity index (χ1) is 7.29. The molecule has 86 valence electrons. The fourth-order valence-corrected chi connectivity index (χ4v) is 1.03. The Labute approximate surface area is 84.7 Å². The highest BCUT2D eigenvalue weighted by Gasteiger charge is 2.32. The number of rotatable bonds is 2. The van der Waals surface area contributed by atoms with Crippen molar-refractivity contribution in [3.8, 4) is 0 Å². The van der Waals surface area contributed by atoms with Gasteiger partial charge in [-0.2, -0.15) is 0 Å². The van der Waals surface area contributed by atoms with Crippen molar-refractivity contribution in [3.63, 3.8) is 0 Å². The number of benzene rings is 1. The number of carboxylic acids is 2. The van der Waals surface area contributed by atoms with Crippen LogP contribution in [-0.4, -0.2) is 22.2 Å². The zero-order valence-corrected chi connectivity index (χ0v) is 7.22. The lowest BCUT2D eigenvalue weighted by Gasteiger charge is -2.06. The molecule has 1 aromatic rings. The first kappa shape index (κ1) is 12.0. The standard InChI is InChI=1S/C8H2F4O4/c9-3-1(7(13)14)2(8(15)16)4(10)6(12)5(3)11/h(H,13,14)(H,15,16). The Hall–Kier alpha value is -2.12. The van der Waals surface area contributed by atoms with Crippen LogP contribution in [0.2, 0.25) is 0 Å². The van der Waals surface area contributed by atoms with Gasteiger partial charge in [-0.05, 0) is 0 Å². The van der Waals surface area contributed by atoms with Crippen LogP contribution in [-0.2, 0) is 0 Å². The van der Waals surface area contributed by atoms with Gasteiger partial charge >= 0.3 is 11.9 Å². The summed E-state index contributed by atoms with van der Waals surface area (Å²) in [7, 11) is 0. The van der Waals surface area contributed by atoms with Gasteiger partial charge in [-0.1, -0.05) is 0 Å². The van der Waals surface area contributed by atoms with E-state index in [1.54, 1.807) is 0 Å². The lowest BCUT2D eigenvalue weighted by atomic mass is 10.1. The van der Waals surface area contributed by atoms with Crippen molar-refractivity contribution >= 4 is 11.9 Å². The minimum atomic E-state index is -2.38. The van der Waals surface area contributed by atoms with E-state index in [-0.39, 0.29) is 0 Å². The van der Waals surface area contributed by atoms with Crippen LogP contribution in [0, 0.1) is 23.3 Å². The van der Waals surface area contributed by atoms with Crippen LogP contribution >= 0.6 is 0 Å². The molecular formula is C8H2F4O4. The van der Waals surface area contributed by atoms with E-state index in [1.165, 1.54) is 0 Å². The maximum Gasteiger partial charge on any atom is 0.339 e. The molecule has 0 atom stereocenters. The molecule has 0 saturated heterocycles. The fraction of sp³-hybridized carbons (Fsp3) is 0. The second-order valence-electron chi connectivity index (χ2n) is 2.62. The number of hydrogen-bond acceptors (Lipinski definition) is 2. The normalized spacial score (nSPS) is 10.2. The predicted octanol–water partition coefficient (Wildman–Crippen LogP) is 1.64. The van der Waals surface area contributed by atoms with Crippen molar-refractivity contribution in [3.05, 3.63) is 34.4 Å². The Morgan fingerprint density at radius 2 is 0.938 bits per heavy atom. The van der Waals surface area contributed by atoms with Gasteiger partial charge in [-0.3, -0.25) is 0 Å². The molecule has 1 rings (SSSR count). The van der Waals surface area contributed by atoms with Crippen molar-refractivity contribution in [2.24, 2.45) is 0 Å². The molecule has 0 amide bonds. The molecule has 16 heavy (non-hydrogen) atoms. The summed E-state index contributed by atoms with van der Waals surface area (Å²) >= 11 is 0. The van der Waals surface area contributed by atoms with E-state index in [0.29, 0.717) is 0 Å². The van der Waals surface area contributed by atoms with Crippen LogP contribution in [0.5, 0.6) is 0 Å². The van der Waals surface area contributed by atoms with Gasteiger partial charge in [-0.25, -0.2) is 27.2 Å². The van der Waals surface area contributed by atoms with Crippen molar-refractivity contribution < 1.29 is 37.4 Å². The smallest absolute Gasteiger partial charge is 0.339 e. The quantitative estimate of drug-likeness (QED) is 0.466. The molecule has 0 heterocycles. The zero-order valence-electron chi connectivity index (χ0n) is 7.22. The average Bonchev–Trinajstić information content (AvgIpc) is 2.18. The van der Waals surface area contributed by atoms with Crippen molar-refractivity contribution in [2.45, 2.75) is 0 Å². The Kier molecular flexibility index (Phi) is 2.84. The van der Waals surface area contributed by atoms with Crippen molar-refractivity contribution in [1.29, 1.82) is 0 Å². The topological polar surface area (TPSA) is 74.6 Å². The van der Waals surface area contributed by atoms with E-state index in [9.17, 15) is 27.2 Å². The van der Waals surface area contributed by atoms with Gasteiger partial charge in [0.2, 0.25) is 0 Å². The monoisotopic (exact) mass is 238 g/mol. The summed E-state index contributed by atoms with van der Waals surface area (Å²) in [6.45, 7) is 0. The molecule has 0 spiro atoms. The Bertz CT molecular complexity index is 453. The molecule has 8 heteroatoms. The third kappa shape index (κ3) is 1.58. The zero-order chi connectivity index (χ0) is 12.6. The number of carbonyl (C=O) groups is 2. The number of hydrogen-bond donors (Lipinski definition) is 2. The lowest BCUT2D eigenvalue weighted by Crippen LogP contribution is -2.17. The molecule has 0 radical (unpaired) electrons. The third-order valence-electron chi connectivity index (χ3n) is 1.69. The minimum absolute atomic E-state index is 1.76. The fourth-order valence-electron chi connectivity index (χ4n) is 1.03. The molecule has 0 aliphatic rings. The van der Waals surface area contributed by atoms with E-state index in [2.05, 4.69) is 0 Å². The van der Waals surface area contributed by atoms with Gasteiger partial charge in [0.25, 0.3) is 0 Å². The van der Waals surface area contributed by atoms with E-state index in [4.69, 9.17) is 10.2 Å². The maximum atomic E-state index is 12.9. The minimum Gasteiger partial charge on any atom is -0.478 e. The molecule has 0 saturated carbocycles. The third-order valence-corrected chi connectivity index (χ3v) is 1.69. The second-order valence-corrected chi connectivity index (χ2v) is 2.62. The van der Waals surface area contributed by atoms with Gasteiger partial charge in [0.1, 0.15) is 11.1 Å². The maximum absolute atomic E-state index is 12.9. The van der Waals surface area contributed by atoms with Gasteiger partial charge in [0, 0.05) is 0 Å². The number of aromatic carboxylic acids is 2. The molecule has 0 aromatic heterocycles. The predicted molar refractivity (Wildman–Crippen MR) is 40.2 cm³/mol. The Balaban J connectivity index is 3.83. The highest BCUT2D eigenvalue weighted by molar-refractivity contribution is 6.02. The summed E-state index contributed by atoms with van der Waals surface area (Å²) < 4.78 is 51.0. The molecule has 0 unspecified atom stereocenters. The molecule has 0 fully saturated rings. The van der Waals surface area contributed by atoms with E-state index in [0.717, 1.165) is 0 Å². The molecule has 0 bridgehead atoms. The summed E-state index contributed by atoms with van der Waals surface area (Å²) in [4.78, 5) is 20.8. The summed E-state index contributed by atoms with van der Waals surface area (Å²) in [6.07, 6.45) is 0. The van der Waals surface area contributed by atoms with Crippen molar-refractivity contribution in [1.82, 2.24) is 0 Å². The molecule has 0 aliphatic heterocycles. The first-order valence-corrected chi connectivity index (χ1v) is 3.61. The van der Waals surface area contributed by atoms with Crippen LogP contribution in [0.3, 0.4) is 0 Å². The molecule has 2 N–H and O–H groups in total. The van der Waals surface area contributed by atoms with Gasteiger partial charge in [0.15, 0.2) is 23.3 Å². The second kappa shape index (κ2) is 3.80. The van der Waals surface area contributed by atoms with Crippen LogP contribution < -0.4 is 0 Å². The molecule has 0 aliphatic carbocycles. The highest BCUT2D eigenvalue weighted by Crippen LogP contribution is 2.24. The van der Waals surface area contributed by atoms with Crippen LogP contribution in [0.4, 0.5) is 17.6 Å².